The molecule has 7 aromatic rings. The molecule has 0 nitrogen and oxygen atoms in total. The van der Waals surface area contributed by atoms with Gasteiger partial charge in [-0.15, -0.1) is 0 Å². The predicted octanol–water partition coefficient (Wildman–Crippen LogP) is 9.39. The van der Waals surface area contributed by atoms with Gasteiger partial charge in [0.25, 0.3) is 0 Å². The number of fused-ring (bicyclic) bond motifs is 12. The van der Waals surface area contributed by atoms with Crippen molar-refractivity contribution in [2.45, 2.75) is 45.4 Å². The van der Waals surface area contributed by atoms with E-state index in [0.29, 0.717) is 0 Å². The highest BCUT2D eigenvalue weighted by atomic mass is 14.4. The average molecular weight is 585 g/mol. The summed E-state index contributed by atoms with van der Waals surface area (Å²) in [6.07, 6.45) is 0. The number of aryl methyl sites for hydroxylation is 1. The van der Waals surface area contributed by atoms with Gasteiger partial charge >= 0.3 is 0 Å². The topological polar surface area (TPSA) is 0 Å². The zero-order chi connectivity index (χ0) is 30.9. The Kier molecular flexibility index (Phi) is 4.36. The number of hydrogen-bond acceptors (Lipinski definition) is 0. The Bertz CT molecular complexity index is 2420. The molecule has 216 valence electrons. The van der Waals surface area contributed by atoms with E-state index in [1.807, 2.05) is 0 Å². The van der Waals surface area contributed by atoms with Crippen LogP contribution in [0, 0.1) is 6.92 Å². The first kappa shape index (κ1) is 25.3. The van der Waals surface area contributed by atoms with Crippen molar-refractivity contribution in [3.8, 4) is 44.5 Å². The second-order valence-electron chi connectivity index (χ2n) is 15.3. The number of benzene rings is 7. The van der Waals surface area contributed by atoms with E-state index in [2.05, 4.69) is 144 Å². The quantitative estimate of drug-likeness (QED) is 0.156. The van der Waals surface area contributed by atoms with Crippen molar-refractivity contribution in [3.63, 3.8) is 0 Å². The van der Waals surface area contributed by atoms with Crippen molar-refractivity contribution in [2.24, 2.45) is 0 Å². The number of hydrogen-bond donors (Lipinski definition) is 0. The lowest BCUT2D eigenvalue weighted by molar-refractivity contribution is 0.661. The summed E-state index contributed by atoms with van der Waals surface area (Å²) in [6, 6.07) is 42.5. The van der Waals surface area contributed by atoms with Crippen LogP contribution in [0.15, 0.2) is 109 Å². The molecule has 0 N–H and O–H groups in total. The van der Waals surface area contributed by atoms with Crippen LogP contribution in [0.4, 0.5) is 0 Å². The molecular formula is C45H33B. The molecule has 7 aromatic carbocycles. The lowest BCUT2D eigenvalue weighted by Gasteiger charge is -2.36. The van der Waals surface area contributed by atoms with Gasteiger partial charge in [-0.3, -0.25) is 0 Å². The Labute approximate surface area is 270 Å². The van der Waals surface area contributed by atoms with Gasteiger partial charge in [-0.2, -0.15) is 0 Å². The SMILES string of the molecule is Cc1cc2c3c(c1)-c1c4c(cc5cccc(c15)B3c1cccc3cc5c(c-2c13)-c1ccccc1C5(C)C)C(C)(C)c1ccccc1-4. The van der Waals surface area contributed by atoms with Gasteiger partial charge in [0.2, 0.25) is 6.71 Å². The van der Waals surface area contributed by atoms with E-state index in [4.69, 9.17) is 0 Å². The first-order valence-corrected chi connectivity index (χ1v) is 16.8. The molecule has 2 heterocycles. The first-order chi connectivity index (χ1) is 22.3. The van der Waals surface area contributed by atoms with Crippen LogP contribution in [0.25, 0.3) is 66.1 Å². The normalized spacial score (nSPS) is 16.2. The molecule has 0 spiro atoms. The molecule has 0 amide bonds. The van der Waals surface area contributed by atoms with E-state index in [-0.39, 0.29) is 17.5 Å². The van der Waals surface area contributed by atoms with Gasteiger partial charge in [0, 0.05) is 10.8 Å². The van der Waals surface area contributed by atoms with Crippen LogP contribution in [0.5, 0.6) is 0 Å². The molecule has 4 aliphatic rings. The standard InChI is InChI=1S/C45H33B/c1-24-20-29-41-37-25(22-33-39(41)27-14-6-8-16-31(27)44(33,2)3)12-10-18-35(37)46-36-19-11-13-26-23-34-40(42(38(26)36)30(21-24)43(29)46)28-15-7-9-17-32(28)45(34,4)5/h6-23H,1-5H3. The molecule has 0 saturated carbocycles. The third-order valence-electron chi connectivity index (χ3n) is 12.3. The van der Waals surface area contributed by atoms with Crippen LogP contribution >= 0.6 is 0 Å². The fourth-order valence-corrected chi connectivity index (χ4v) is 10.3. The molecule has 0 fully saturated rings. The molecule has 11 rings (SSSR count). The summed E-state index contributed by atoms with van der Waals surface area (Å²) in [5.41, 5.74) is 22.9. The van der Waals surface area contributed by atoms with Crippen LogP contribution < -0.4 is 16.4 Å². The Morgan fingerprint density at radius 1 is 0.435 bits per heavy atom. The highest BCUT2D eigenvalue weighted by molar-refractivity contribution is 7.01. The molecule has 0 saturated heterocycles. The summed E-state index contributed by atoms with van der Waals surface area (Å²) in [7, 11) is 0. The van der Waals surface area contributed by atoms with Crippen molar-refractivity contribution in [3.05, 3.63) is 137 Å². The smallest absolute Gasteiger partial charge is 0.0663 e. The zero-order valence-corrected chi connectivity index (χ0v) is 27.0. The number of rotatable bonds is 0. The maximum Gasteiger partial charge on any atom is 0.244 e. The molecule has 0 radical (unpaired) electrons. The van der Waals surface area contributed by atoms with E-state index in [0.717, 1.165) is 0 Å². The third-order valence-corrected chi connectivity index (χ3v) is 12.3. The van der Waals surface area contributed by atoms with Crippen molar-refractivity contribution in [2.75, 3.05) is 0 Å². The Hall–Kier alpha value is -4.88. The Morgan fingerprint density at radius 3 is 1.37 bits per heavy atom. The predicted molar refractivity (Wildman–Crippen MR) is 197 cm³/mol. The van der Waals surface area contributed by atoms with E-state index < -0.39 is 0 Å². The largest absolute Gasteiger partial charge is 0.244 e. The van der Waals surface area contributed by atoms with Crippen molar-refractivity contribution < 1.29 is 0 Å². The Morgan fingerprint density at radius 2 is 0.891 bits per heavy atom. The summed E-state index contributed by atoms with van der Waals surface area (Å²) in [5, 5.41) is 5.61. The van der Waals surface area contributed by atoms with Gasteiger partial charge in [0.15, 0.2) is 0 Å². The van der Waals surface area contributed by atoms with Crippen molar-refractivity contribution in [1.82, 2.24) is 0 Å². The van der Waals surface area contributed by atoms with Crippen molar-refractivity contribution >= 4 is 44.6 Å². The zero-order valence-electron chi connectivity index (χ0n) is 27.0. The average Bonchev–Trinajstić information content (AvgIpc) is 3.43. The highest BCUT2D eigenvalue weighted by Gasteiger charge is 2.46. The van der Waals surface area contributed by atoms with Gasteiger partial charge < -0.3 is 0 Å². The van der Waals surface area contributed by atoms with Crippen LogP contribution in [0.2, 0.25) is 0 Å². The summed E-state index contributed by atoms with van der Waals surface area (Å²) in [5.74, 6) is 0. The van der Waals surface area contributed by atoms with Gasteiger partial charge in [-0.05, 0) is 113 Å². The highest BCUT2D eigenvalue weighted by Crippen LogP contribution is 2.57. The molecule has 2 aliphatic heterocycles. The van der Waals surface area contributed by atoms with Gasteiger partial charge in [-0.1, -0.05) is 141 Å². The van der Waals surface area contributed by atoms with E-state index in [1.54, 1.807) is 0 Å². The molecule has 0 unspecified atom stereocenters. The fourth-order valence-electron chi connectivity index (χ4n) is 10.3. The van der Waals surface area contributed by atoms with E-state index in [9.17, 15) is 0 Å². The molecule has 46 heavy (non-hydrogen) atoms. The Balaban J connectivity index is 1.37. The van der Waals surface area contributed by atoms with Crippen LogP contribution in [0.3, 0.4) is 0 Å². The molecular weight excluding hydrogens is 551 g/mol. The first-order valence-electron chi connectivity index (χ1n) is 16.8. The molecule has 0 atom stereocenters. The van der Waals surface area contributed by atoms with Crippen LogP contribution in [0.1, 0.15) is 55.5 Å². The lowest BCUT2D eigenvalue weighted by Crippen LogP contribution is -2.57. The maximum absolute atomic E-state index is 2.52. The monoisotopic (exact) mass is 584 g/mol. The van der Waals surface area contributed by atoms with E-state index >= 15 is 0 Å². The minimum Gasteiger partial charge on any atom is -0.0663 e. The summed E-state index contributed by atoms with van der Waals surface area (Å²) >= 11 is 0. The molecule has 0 bridgehead atoms. The second kappa shape index (κ2) is 7.91. The minimum absolute atomic E-state index is 0.0539. The minimum atomic E-state index is -0.0539. The lowest BCUT2D eigenvalue weighted by atomic mass is 9.30. The summed E-state index contributed by atoms with van der Waals surface area (Å²) in [6.45, 7) is 12.2. The maximum atomic E-state index is 2.52. The van der Waals surface area contributed by atoms with E-state index in [1.165, 1.54) is 110 Å². The van der Waals surface area contributed by atoms with Gasteiger partial charge in [-0.25, -0.2) is 0 Å². The van der Waals surface area contributed by atoms with Crippen LogP contribution in [-0.4, -0.2) is 6.71 Å². The second-order valence-corrected chi connectivity index (χ2v) is 15.3. The summed E-state index contributed by atoms with van der Waals surface area (Å²) in [4.78, 5) is 0. The molecule has 0 aromatic heterocycles. The van der Waals surface area contributed by atoms with Crippen molar-refractivity contribution in [1.29, 1.82) is 0 Å². The summed E-state index contributed by atoms with van der Waals surface area (Å²) < 4.78 is 0. The van der Waals surface area contributed by atoms with Gasteiger partial charge in [0.05, 0.1) is 0 Å². The van der Waals surface area contributed by atoms with Crippen LogP contribution in [-0.2, 0) is 10.8 Å². The molecule has 2 aliphatic carbocycles. The fraction of sp³-hybridized carbons (Fsp3) is 0.156. The third kappa shape index (κ3) is 2.70. The molecule has 1 heteroatoms. The van der Waals surface area contributed by atoms with Gasteiger partial charge in [0.1, 0.15) is 0 Å².